The van der Waals surface area contributed by atoms with Crippen molar-refractivity contribution in [1.29, 1.82) is 0 Å². The van der Waals surface area contributed by atoms with Gasteiger partial charge in [0.15, 0.2) is 11.9 Å². The number of carbonyl (C=O) groups is 3. The number of hydrogen-bond acceptors (Lipinski definition) is 6. The molecule has 0 saturated carbocycles. The van der Waals surface area contributed by atoms with E-state index in [1.54, 1.807) is 14.1 Å². The minimum atomic E-state index is -1.12. The SMILES string of the molecule is CN(C)C(=O)Nc1cnn(CC(=O)N2CCOCC2C(=O)O)n1. The summed E-state index contributed by atoms with van der Waals surface area (Å²) in [5, 5.41) is 19.4. The van der Waals surface area contributed by atoms with Crippen molar-refractivity contribution in [2.75, 3.05) is 39.2 Å². The normalized spacial score (nSPS) is 17.7. The molecule has 0 spiro atoms. The smallest absolute Gasteiger partial charge is 0.328 e. The van der Waals surface area contributed by atoms with Crippen LogP contribution in [0.1, 0.15) is 0 Å². The summed E-state index contributed by atoms with van der Waals surface area (Å²) in [4.78, 5) is 38.5. The summed E-state index contributed by atoms with van der Waals surface area (Å²) in [6, 6.07) is -1.39. The van der Waals surface area contributed by atoms with E-state index in [1.807, 2.05) is 0 Å². The number of carboxylic acids is 1. The molecule has 0 radical (unpaired) electrons. The van der Waals surface area contributed by atoms with Gasteiger partial charge in [0.1, 0.15) is 6.54 Å². The van der Waals surface area contributed by atoms with Crippen molar-refractivity contribution in [1.82, 2.24) is 24.8 Å². The molecule has 23 heavy (non-hydrogen) atoms. The van der Waals surface area contributed by atoms with E-state index in [0.717, 1.165) is 4.80 Å². The Morgan fingerprint density at radius 1 is 1.48 bits per heavy atom. The van der Waals surface area contributed by atoms with Crippen molar-refractivity contribution in [2.24, 2.45) is 0 Å². The molecule has 1 aromatic rings. The number of hydrogen-bond donors (Lipinski definition) is 2. The molecular weight excluding hydrogens is 308 g/mol. The maximum atomic E-state index is 12.2. The summed E-state index contributed by atoms with van der Waals surface area (Å²) in [5.41, 5.74) is 0. The monoisotopic (exact) mass is 326 g/mol. The van der Waals surface area contributed by atoms with Gasteiger partial charge in [0.25, 0.3) is 0 Å². The average molecular weight is 326 g/mol. The predicted molar refractivity (Wildman–Crippen MR) is 76.7 cm³/mol. The van der Waals surface area contributed by atoms with Gasteiger partial charge in [-0.05, 0) is 0 Å². The van der Waals surface area contributed by atoms with Crippen LogP contribution >= 0.6 is 0 Å². The number of nitrogens with one attached hydrogen (secondary N) is 1. The molecule has 1 aliphatic rings. The molecule has 3 amide bonds. The molecule has 11 heteroatoms. The Kier molecular flexibility index (Phi) is 5.11. The minimum Gasteiger partial charge on any atom is -0.480 e. The lowest BCUT2D eigenvalue weighted by atomic mass is 10.2. The number of carbonyl (C=O) groups excluding carboxylic acids is 2. The number of aromatic nitrogens is 3. The first-order valence-corrected chi connectivity index (χ1v) is 6.87. The van der Waals surface area contributed by atoms with Crippen molar-refractivity contribution in [2.45, 2.75) is 12.6 Å². The Bertz CT molecular complexity index is 601. The fraction of sp³-hybridized carbons (Fsp3) is 0.583. The Morgan fingerprint density at radius 2 is 2.22 bits per heavy atom. The maximum absolute atomic E-state index is 12.2. The van der Waals surface area contributed by atoms with Gasteiger partial charge in [-0.15, -0.1) is 5.10 Å². The highest BCUT2D eigenvalue weighted by Crippen LogP contribution is 2.09. The molecule has 1 saturated heterocycles. The molecule has 2 rings (SSSR count). The van der Waals surface area contributed by atoms with Gasteiger partial charge in [0.05, 0.1) is 19.4 Å². The zero-order valence-corrected chi connectivity index (χ0v) is 12.8. The van der Waals surface area contributed by atoms with Crippen LogP contribution in [0.4, 0.5) is 10.6 Å². The quantitative estimate of drug-likeness (QED) is 0.702. The third kappa shape index (κ3) is 4.16. The van der Waals surface area contributed by atoms with Crippen molar-refractivity contribution >= 4 is 23.7 Å². The third-order valence-corrected chi connectivity index (χ3v) is 3.19. The minimum absolute atomic E-state index is 0.0439. The van der Waals surface area contributed by atoms with E-state index in [-0.39, 0.29) is 38.2 Å². The van der Waals surface area contributed by atoms with Gasteiger partial charge in [-0.25, -0.2) is 9.59 Å². The topological polar surface area (TPSA) is 130 Å². The lowest BCUT2D eigenvalue weighted by Gasteiger charge is -2.32. The molecule has 0 bridgehead atoms. The Balaban J connectivity index is 1.98. The molecule has 1 fully saturated rings. The number of urea groups is 1. The first-order chi connectivity index (χ1) is 10.9. The van der Waals surface area contributed by atoms with E-state index in [2.05, 4.69) is 15.5 Å². The standard InChI is InChI=1S/C12H18N6O5/c1-16(2)12(22)14-9-5-13-18(15-9)6-10(19)17-3-4-23-7-8(17)11(20)21/h5,8H,3-4,6-7H2,1-2H3,(H,20,21)(H,14,15,22). The van der Waals surface area contributed by atoms with Gasteiger partial charge in [-0.2, -0.15) is 9.90 Å². The van der Waals surface area contributed by atoms with E-state index in [9.17, 15) is 14.4 Å². The van der Waals surface area contributed by atoms with Gasteiger partial charge in [0.2, 0.25) is 5.91 Å². The Labute approximate surface area is 131 Å². The molecule has 1 unspecified atom stereocenters. The second kappa shape index (κ2) is 7.05. The summed E-state index contributed by atoms with van der Waals surface area (Å²) in [5.74, 6) is -1.35. The molecule has 11 nitrogen and oxygen atoms in total. The molecular formula is C12H18N6O5. The summed E-state index contributed by atoms with van der Waals surface area (Å²) in [6.45, 7) is 0.215. The van der Waals surface area contributed by atoms with Gasteiger partial charge in [0, 0.05) is 20.6 Å². The third-order valence-electron chi connectivity index (χ3n) is 3.19. The number of ether oxygens (including phenoxy) is 1. The van der Waals surface area contributed by atoms with E-state index >= 15 is 0 Å². The molecule has 126 valence electrons. The zero-order valence-electron chi connectivity index (χ0n) is 12.8. The maximum Gasteiger partial charge on any atom is 0.328 e. The van der Waals surface area contributed by atoms with Crippen molar-refractivity contribution in [3.63, 3.8) is 0 Å². The number of nitrogens with zero attached hydrogens (tertiary/aromatic N) is 5. The zero-order chi connectivity index (χ0) is 17.0. The number of morpholine rings is 1. The van der Waals surface area contributed by atoms with Crippen LogP contribution in [0.25, 0.3) is 0 Å². The van der Waals surface area contributed by atoms with Crippen molar-refractivity contribution < 1.29 is 24.2 Å². The highest BCUT2D eigenvalue weighted by atomic mass is 16.5. The Hall–Kier alpha value is -2.69. The lowest BCUT2D eigenvalue weighted by Crippen LogP contribution is -2.53. The fourth-order valence-electron chi connectivity index (χ4n) is 1.97. The number of aliphatic carboxylic acids is 1. The first-order valence-electron chi connectivity index (χ1n) is 6.87. The van der Waals surface area contributed by atoms with Gasteiger partial charge >= 0.3 is 12.0 Å². The largest absolute Gasteiger partial charge is 0.480 e. The highest BCUT2D eigenvalue weighted by molar-refractivity contribution is 5.87. The van der Waals surface area contributed by atoms with Crippen LogP contribution in [0.2, 0.25) is 0 Å². The second-order valence-corrected chi connectivity index (χ2v) is 5.10. The first kappa shape index (κ1) is 16.7. The number of carboxylic acid groups (broad SMARTS) is 1. The summed E-state index contributed by atoms with van der Waals surface area (Å²) in [7, 11) is 3.15. The average Bonchev–Trinajstić information content (AvgIpc) is 2.94. The summed E-state index contributed by atoms with van der Waals surface area (Å²) in [6.07, 6.45) is 1.31. The number of rotatable bonds is 4. The molecule has 0 aromatic carbocycles. The van der Waals surface area contributed by atoms with Crippen LogP contribution in [-0.2, 0) is 20.9 Å². The van der Waals surface area contributed by atoms with Crippen molar-refractivity contribution in [3.8, 4) is 0 Å². The molecule has 1 atom stereocenters. The van der Waals surface area contributed by atoms with Crippen LogP contribution in [0.15, 0.2) is 6.20 Å². The summed E-state index contributed by atoms with van der Waals surface area (Å²) >= 11 is 0. The molecule has 1 aliphatic heterocycles. The van der Waals surface area contributed by atoms with E-state index in [1.165, 1.54) is 16.0 Å². The van der Waals surface area contributed by atoms with Crippen molar-refractivity contribution in [3.05, 3.63) is 6.20 Å². The fourth-order valence-corrected chi connectivity index (χ4v) is 1.97. The molecule has 0 aliphatic carbocycles. The van der Waals surface area contributed by atoms with E-state index in [0.29, 0.717) is 0 Å². The van der Waals surface area contributed by atoms with Crippen LogP contribution in [0.5, 0.6) is 0 Å². The molecule has 2 N–H and O–H groups in total. The van der Waals surface area contributed by atoms with Gasteiger partial charge in [-0.1, -0.05) is 0 Å². The van der Waals surface area contributed by atoms with Gasteiger partial charge < -0.3 is 19.6 Å². The van der Waals surface area contributed by atoms with Crippen LogP contribution in [-0.4, -0.2) is 87.7 Å². The predicted octanol–water partition coefficient (Wildman–Crippen LogP) is -1.32. The molecule has 1 aromatic heterocycles. The highest BCUT2D eigenvalue weighted by Gasteiger charge is 2.32. The number of anilines is 1. The van der Waals surface area contributed by atoms with Crippen LogP contribution in [0.3, 0.4) is 0 Å². The van der Waals surface area contributed by atoms with Crippen LogP contribution < -0.4 is 5.32 Å². The summed E-state index contributed by atoms with van der Waals surface area (Å²) < 4.78 is 5.08. The second-order valence-electron chi connectivity index (χ2n) is 5.10. The molecule has 2 heterocycles. The van der Waals surface area contributed by atoms with E-state index in [4.69, 9.17) is 9.84 Å². The van der Waals surface area contributed by atoms with Gasteiger partial charge in [-0.3, -0.25) is 10.1 Å². The van der Waals surface area contributed by atoms with E-state index < -0.39 is 17.9 Å². The van der Waals surface area contributed by atoms with Crippen LogP contribution in [0, 0.1) is 0 Å². The Morgan fingerprint density at radius 3 is 2.87 bits per heavy atom. The number of amides is 3. The lowest BCUT2D eigenvalue weighted by molar-refractivity contribution is -0.158.